The lowest BCUT2D eigenvalue weighted by Crippen LogP contribution is -2.48. The van der Waals surface area contributed by atoms with Gasteiger partial charge in [-0.15, -0.1) is 0 Å². The summed E-state index contributed by atoms with van der Waals surface area (Å²) in [7, 11) is -3.51. The summed E-state index contributed by atoms with van der Waals surface area (Å²) in [4.78, 5) is 17.0. The van der Waals surface area contributed by atoms with Crippen LogP contribution in [-0.2, 0) is 16.6 Å². The number of sulfonamides is 1. The third-order valence-corrected chi connectivity index (χ3v) is 6.53. The number of aryl methyl sites for hydroxylation is 2. The SMILES string of the molecule is CCNS(=O)(=O)c1ccc(C(=O)N2CCN(Cc3c(C)noc3C)CC2)cc1. The fourth-order valence-corrected chi connectivity index (χ4v) is 4.33. The van der Waals surface area contributed by atoms with E-state index in [1.54, 1.807) is 24.0 Å². The molecule has 1 aromatic carbocycles. The number of nitrogens with zero attached hydrogens (tertiary/aromatic N) is 3. The average molecular weight is 407 g/mol. The number of carbonyl (C=O) groups is 1. The van der Waals surface area contributed by atoms with Crippen LogP contribution in [0.15, 0.2) is 33.7 Å². The first-order chi connectivity index (χ1) is 13.3. The van der Waals surface area contributed by atoms with Gasteiger partial charge in [0.1, 0.15) is 5.76 Å². The Morgan fingerprint density at radius 1 is 1.14 bits per heavy atom. The molecule has 0 aliphatic carbocycles. The third kappa shape index (κ3) is 4.43. The van der Waals surface area contributed by atoms with E-state index in [2.05, 4.69) is 14.8 Å². The normalized spacial score (nSPS) is 15.8. The molecule has 1 saturated heterocycles. The Morgan fingerprint density at radius 3 is 2.32 bits per heavy atom. The summed E-state index contributed by atoms with van der Waals surface area (Å²) in [5.74, 6) is 0.757. The van der Waals surface area contributed by atoms with Crippen molar-refractivity contribution < 1.29 is 17.7 Å². The van der Waals surface area contributed by atoms with Crippen LogP contribution in [0.3, 0.4) is 0 Å². The van der Waals surface area contributed by atoms with Gasteiger partial charge in [0.25, 0.3) is 5.91 Å². The zero-order valence-electron chi connectivity index (χ0n) is 16.4. The van der Waals surface area contributed by atoms with Crippen molar-refractivity contribution in [3.63, 3.8) is 0 Å². The fourth-order valence-electron chi connectivity index (χ4n) is 3.29. The van der Waals surface area contributed by atoms with Crippen molar-refractivity contribution in [3.05, 3.63) is 46.8 Å². The van der Waals surface area contributed by atoms with Crippen LogP contribution in [-0.4, -0.2) is 62.0 Å². The van der Waals surface area contributed by atoms with Crippen molar-refractivity contribution in [2.24, 2.45) is 0 Å². The molecular formula is C19H26N4O4S. The van der Waals surface area contributed by atoms with Crippen LogP contribution in [0.25, 0.3) is 0 Å². The Morgan fingerprint density at radius 2 is 1.79 bits per heavy atom. The fraction of sp³-hybridized carbons (Fsp3) is 0.474. The Balaban J connectivity index is 1.59. The van der Waals surface area contributed by atoms with Gasteiger partial charge in [-0.3, -0.25) is 9.69 Å². The molecule has 152 valence electrons. The lowest BCUT2D eigenvalue weighted by atomic mass is 10.1. The van der Waals surface area contributed by atoms with Gasteiger partial charge in [-0.25, -0.2) is 13.1 Å². The highest BCUT2D eigenvalue weighted by Crippen LogP contribution is 2.17. The predicted octanol–water partition coefficient (Wildman–Crippen LogP) is 1.55. The summed E-state index contributed by atoms with van der Waals surface area (Å²) in [6, 6.07) is 6.09. The Kier molecular flexibility index (Phi) is 6.17. The highest BCUT2D eigenvalue weighted by molar-refractivity contribution is 7.89. The number of carbonyl (C=O) groups excluding carboxylic acids is 1. The van der Waals surface area contributed by atoms with Crippen LogP contribution in [0.4, 0.5) is 0 Å². The summed E-state index contributed by atoms with van der Waals surface area (Å²) >= 11 is 0. The molecule has 0 radical (unpaired) electrons. The Hall–Kier alpha value is -2.23. The molecule has 8 nitrogen and oxygen atoms in total. The maximum absolute atomic E-state index is 12.7. The summed E-state index contributed by atoms with van der Waals surface area (Å²) in [6.45, 7) is 9.44. The van der Waals surface area contributed by atoms with Crippen LogP contribution >= 0.6 is 0 Å². The Bertz CT molecular complexity index is 910. The molecule has 1 aromatic heterocycles. The molecule has 0 spiro atoms. The lowest BCUT2D eigenvalue weighted by Gasteiger charge is -2.34. The molecule has 9 heteroatoms. The van der Waals surface area contributed by atoms with Crippen LogP contribution in [0.2, 0.25) is 0 Å². The van der Waals surface area contributed by atoms with Crippen molar-refractivity contribution in [1.82, 2.24) is 19.7 Å². The highest BCUT2D eigenvalue weighted by atomic mass is 32.2. The van der Waals surface area contributed by atoms with E-state index in [0.717, 1.165) is 36.7 Å². The molecule has 1 N–H and O–H groups in total. The molecule has 1 aliphatic rings. The van der Waals surface area contributed by atoms with Gasteiger partial charge in [0, 0.05) is 50.4 Å². The number of nitrogens with one attached hydrogen (secondary N) is 1. The monoisotopic (exact) mass is 406 g/mol. The minimum atomic E-state index is -3.51. The number of rotatable bonds is 6. The van der Waals surface area contributed by atoms with Crippen LogP contribution in [0.5, 0.6) is 0 Å². The van der Waals surface area contributed by atoms with Gasteiger partial charge in [0.15, 0.2) is 0 Å². The van der Waals surface area contributed by atoms with E-state index in [0.29, 0.717) is 25.2 Å². The molecular weight excluding hydrogens is 380 g/mol. The predicted molar refractivity (Wildman–Crippen MR) is 104 cm³/mol. The molecule has 2 heterocycles. The van der Waals surface area contributed by atoms with E-state index in [4.69, 9.17) is 4.52 Å². The molecule has 0 bridgehead atoms. The van der Waals surface area contributed by atoms with Gasteiger partial charge in [-0.05, 0) is 38.1 Å². The van der Waals surface area contributed by atoms with Gasteiger partial charge >= 0.3 is 0 Å². The standard InChI is InChI=1S/C19H26N4O4S/c1-4-20-28(25,26)17-7-5-16(6-8-17)19(24)23-11-9-22(10-12-23)13-18-14(2)21-27-15(18)3/h5-8,20H,4,9-13H2,1-3H3. The largest absolute Gasteiger partial charge is 0.361 e. The summed E-state index contributed by atoms with van der Waals surface area (Å²) < 4.78 is 31.7. The Labute approximate surface area is 165 Å². The molecule has 1 aliphatic heterocycles. The minimum absolute atomic E-state index is 0.0793. The van der Waals surface area contributed by atoms with E-state index in [1.165, 1.54) is 12.1 Å². The second-order valence-electron chi connectivity index (χ2n) is 6.90. The average Bonchev–Trinajstić information content (AvgIpc) is 3.00. The number of benzene rings is 1. The minimum Gasteiger partial charge on any atom is -0.361 e. The van der Waals surface area contributed by atoms with Crippen molar-refractivity contribution >= 4 is 15.9 Å². The second kappa shape index (κ2) is 8.42. The molecule has 0 atom stereocenters. The van der Waals surface area contributed by atoms with Crippen LogP contribution in [0, 0.1) is 13.8 Å². The topological polar surface area (TPSA) is 95.8 Å². The highest BCUT2D eigenvalue weighted by Gasteiger charge is 2.24. The van der Waals surface area contributed by atoms with E-state index in [-0.39, 0.29) is 10.8 Å². The van der Waals surface area contributed by atoms with Crippen molar-refractivity contribution in [1.29, 1.82) is 0 Å². The number of amides is 1. The second-order valence-corrected chi connectivity index (χ2v) is 8.66. The zero-order chi connectivity index (χ0) is 20.3. The number of piperazine rings is 1. The van der Waals surface area contributed by atoms with Crippen molar-refractivity contribution in [2.45, 2.75) is 32.2 Å². The molecule has 0 saturated carbocycles. The van der Waals surface area contributed by atoms with Gasteiger partial charge < -0.3 is 9.42 Å². The van der Waals surface area contributed by atoms with Gasteiger partial charge in [-0.1, -0.05) is 12.1 Å². The van der Waals surface area contributed by atoms with Crippen LogP contribution < -0.4 is 4.72 Å². The van der Waals surface area contributed by atoms with Crippen LogP contribution in [0.1, 0.15) is 34.3 Å². The maximum atomic E-state index is 12.7. The number of aromatic nitrogens is 1. The molecule has 3 rings (SSSR count). The summed E-state index contributed by atoms with van der Waals surface area (Å²) in [5.41, 5.74) is 2.51. The molecule has 28 heavy (non-hydrogen) atoms. The first kappa shape index (κ1) is 20.5. The maximum Gasteiger partial charge on any atom is 0.253 e. The number of hydrogen-bond donors (Lipinski definition) is 1. The van der Waals surface area contributed by atoms with E-state index in [9.17, 15) is 13.2 Å². The third-order valence-electron chi connectivity index (χ3n) is 4.97. The van der Waals surface area contributed by atoms with E-state index >= 15 is 0 Å². The number of hydrogen-bond acceptors (Lipinski definition) is 6. The van der Waals surface area contributed by atoms with Gasteiger partial charge in [0.2, 0.25) is 10.0 Å². The smallest absolute Gasteiger partial charge is 0.253 e. The molecule has 0 unspecified atom stereocenters. The molecule has 1 amide bonds. The van der Waals surface area contributed by atoms with Crippen molar-refractivity contribution in [2.75, 3.05) is 32.7 Å². The zero-order valence-corrected chi connectivity index (χ0v) is 17.3. The van der Waals surface area contributed by atoms with Gasteiger partial charge in [0.05, 0.1) is 10.6 Å². The molecule has 1 fully saturated rings. The van der Waals surface area contributed by atoms with Crippen molar-refractivity contribution in [3.8, 4) is 0 Å². The summed E-state index contributed by atoms with van der Waals surface area (Å²) in [5, 5.41) is 3.99. The summed E-state index contributed by atoms with van der Waals surface area (Å²) in [6.07, 6.45) is 0. The molecule has 2 aromatic rings. The first-order valence-electron chi connectivity index (χ1n) is 9.35. The quantitative estimate of drug-likeness (QED) is 0.782. The first-order valence-corrected chi connectivity index (χ1v) is 10.8. The van der Waals surface area contributed by atoms with Gasteiger partial charge in [-0.2, -0.15) is 0 Å². The van der Waals surface area contributed by atoms with E-state index < -0.39 is 10.0 Å². The van der Waals surface area contributed by atoms with E-state index in [1.807, 2.05) is 13.8 Å². The lowest BCUT2D eigenvalue weighted by molar-refractivity contribution is 0.0627.